The highest BCUT2D eigenvalue weighted by Crippen LogP contribution is 2.33. The zero-order valence-corrected chi connectivity index (χ0v) is 18.6. The number of hydrogen-bond acceptors (Lipinski definition) is 7. The highest BCUT2D eigenvalue weighted by Gasteiger charge is 2.34. The Morgan fingerprint density at radius 1 is 1.10 bits per heavy atom. The summed E-state index contributed by atoms with van der Waals surface area (Å²) in [5.41, 5.74) is 2.84. The summed E-state index contributed by atoms with van der Waals surface area (Å²) < 4.78 is 1.74. The van der Waals surface area contributed by atoms with Gasteiger partial charge in [0.1, 0.15) is 11.4 Å². The average molecular weight is 442 g/mol. The van der Waals surface area contributed by atoms with Gasteiger partial charge in [-0.1, -0.05) is 12.5 Å². The van der Waals surface area contributed by atoms with E-state index in [1.54, 1.807) is 16.9 Å². The number of hydrogen-bond donors (Lipinski definition) is 2. The summed E-state index contributed by atoms with van der Waals surface area (Å²) >= 11 is 0. The van der Waals surface area contributed by atoms with Crippen molar-refractivity contribution in [3.8, 4) is 28.3 Å². The van der Waals surface area contributed by atoms with Gasteiger partial charge >= 0.3 is 0 Å². The number of piperazine rings is 1. The van der Waals surface area contributed by atoms with E-state index >= 15 is 0 Å². The molecule has 1 saturated carbocycles. The molecule has 164 valence electrons. The lowest BCUT2D eigenvalue weighted by Crippen LogP contribution is -2.59. The van der Waals surface area contributed by atoms with Crippen LogP contribution in [-0.4, -0.2) is 55.2 Å². The first-order chi connectivity index (χ1) is 14.6. The van der Waals surface area contributed by atoms with Gasteiger partial charge in [0, 0.05) is 49.5 Å². The fourth-order valence-corrected chi connectivity index (χ4v) is 4.42. The number of aromatic nitrogens is 5. The number of benzene rings is 1. The van der Waals surface area contributed by atoms with Gasteiger partial charge in [-0.2, -0.15) is 5.10 Å². The molecular weight excluding hydrogens is 414 g/mol. The standard InChI is InChI=1S/C22H27N7O.ClH/c1-14-12-29(13-20(24-14)15-4-3-5-15)22-23-11-19(25-26-22)17-7-6-16(10-21(17)30)18-8-9-28(2)27-18;/h6-11,14-15,20,24,30H,3-5,12-13H2,1-2H3;1H/t14-,20-;/m1./s1. The van der Waals surface area contributed by atoms with Gasteiger partial charge in [-0.3, -0.25) is 4.68 Å². The van der Waals surface area contributed by atoms with Gasteiger partial charge in [0.25, 0.3) is 0 Å². The summed E-state index contributed by atoms with van der Waals surface area (Å²) in [4.78, 5) is 6.80. The predicted molar refractivity (Wildman–Crippen MR) is 122 cm³/mol. The zero-order chi connectivity index (χ0) is 20.7. The van der Waals surface area contributed by atoms with Gasteiger partial charge in [-0.25, -0.2) is 4.98 Å². The monoisotopic (exact) mass is 441 g/mol. The molecule has 31 heavy (non-hydrogen) atoms. The Balaban J connectivity index is 0.00000231. The summed E-state index contributed by atoms with van der Waals surface area (Å²) in [7, 11) is 1.87. The minimum atomic E-state index is 0. The maximum atomic E-state index is 10.5. The second kappa shape index (κ2) is 8.80. The highest BCUT2D eigenvalue weighted by molar-refractivity contribution is 5.85. The van der Waals surface area contributed by atoms with Gasteiger partial charge in [-0.05, 0) is 43.9 Å². The lowest BCUT2D eigenvalue weighted by molar-refractivity contribution is 0.202. The molecule has 0 bridgehead atoms. The van der Waals surface area contributed by atoms with Crippen LogP contribution in [0.4, 0.5) is 5.95 Å². The molecule has 2 N–H and O–H groups in total. The molecule has 0 amide bonds. The number of aryl methyl sites for hydroxylation is 1. The molecule has 0 unspecified atom stereocenters. The molecule has 1 aliphatic carbocycles. The molecule has 2 fully saturated rings. The van der Waals surface area contributed by atoms with Crippen molar-refractivity contribution >= 4 is 18.4 Å². The Kier molecular flexibility index (Phi) is 6.11. The van der Waals surface area contributed by atoms with Crippen LogP contribution < -0.4 is 10.2 Å². The van der Waals surface area contributed by atoms with Crippen molar-refractivity contribution < 1.29 is 5.11 Å². The SMILES string of the molecule is C[C@@H]1CN(c2ncc(-c3ccc(-c4ccn(C)n4)cc3O)nn2)C[C@H](C2CCC2)N1.Cl. The van der Waals surface area contributed by atoms with Crippen molar-refractivity contribution in [1.29, 1.82) is 0 Å². The van der Waals surface area contributed by atoms with Crippen molar-refractivity contribution in [3.05, 3.63) is 36.7 Å². The molecule has 9 heteroatoms. The Labute approximate surface area is 188 Å². The van der Waals surface area contributed by atoms with Crippen LogP contribution in [0.3, 0.4) is 0 Å². The van der Waals surface area contributed by atoms with Crippen LogP contribution in [0, 0.1) is 5.92 Å². The van der Waals surface area contributed by atoms with E-state index in [-0.39, 0.29) is 18.2 Å². The third-order valence-corrected chi connectivity index (χ3v) is 6.24. The van der Waals surface area contributed by atoms with Crippen LogP contribution in [0.2, 0.25) is 0 Å². The molecule has 3 aromatic rings. The van der Waals surface area contributed by atoms with Crippen LogP contribution in [0.15, 0.2) is 36.7 Å². The van der Waals surface area contributed by atoms with Crippen LogP contribution in [0.25, 0.3) is 22.5 Å². The molecular formula is C22H28ClN7O. The quantitative estimate of drug-likeness (QED) is 0.642. The molecule has 1 aromatic carbocycles. The molecule has 1 saturated heterocycles. The van der Waals surface area contributed by atoms with Crippen molar-refractivity contribution in [2.45, 2.75) is 38.3 Å². The molecule has 2 atom stereocenters. The van der Waals surface area contributed by atoms with E-state index in [1.165, 1.54) is 19.3 Å². The molecule has 2 aliphatic rings. The Hall–Kier alpha value is -2.71. The van der Waals surface area contributed by atoms with Crippen LogP contribution in [-0.2, 0) is 7.05 Å². The first-order valence-corrected chi connectivity index (χ1v) is 10.6. The van der Waals surface area contributed by atoms with E-state index < -0.39 is 0 Å². The molecule has 0 radical (unpaired) electrons. The smallest absolute Gasteiger partial charge is 0.245 e. The van der Waals surface area contributed by atoms with Crippen LogP contribution in [0.1, 0.15) is 26.2 Å². The molecule has 1 aliphatic heterocycles. The number of phenolic OH excluding ortho intramolecular Hbond substituents is 1. The molecule has 2 aromatic heterocycles. The number of halogens is 1. The number of aromatic hydroxyl groups is 1. The largest absolute Gasteiger partial charge is 0.507 e. The predicted octanol–water partition coefficient (Wildman–Crippen LogP) is 3.03. The van der Waals surface area contributed by atoms with E-state index in [1.807, 2.05) is 31.4 Å². The van der Waals surface area contributed by atoms with Crippen molar-refractivity contribution in [3.63, 3.8) is 0 Å². The maximum Gasteiger partial charge on any atom is 0.245 e. The fourth-order valence-electron chi connectivity index (χ4n) is 4.42. The van der Waals surface area contributed by atoms with Crippen LogP contribution >= 0.6 is 12.4 Å². The minimum absolute atomic E-state index is 0. The summed E-state index contributed by atoms with van der Waals surface area (Å²) in [5, 5.41) is 27.4. The molecule has 8 nitrogen and oxygen atoms in total. The second-order valence-corrected chi connectivity index (χ2v) is 8.52. The summed E-state index contributed by atoms with van der Waals surface area (Å²) in [6.45, 7) is 4.00. The van der Waals surface area contributed by atoms with E-state index in [0.29, 0.717) is 29.3 Å². The Bertz CT molecular complexity index is 1030. The fraction of sp³-hybridized carbons (Fsp3) is 0.455. The summed E-state index contributed by atoms with van der Waals surface area (Å²) in [6, 6.07) is 8.27. The number of phenols is 1. The van der Waals surface area contributed by atoms with E-state index in [9.17, 15) is 5.11 Å². The third kappa shape index (κ3) is 4.36. The third-order valence-electron chi connectivity index (χ3n) is 6.24. The number of rotatable bonds is 4. The van der Waals surface area contributed by atoms with Crippen molar-refractivity contribution in [2.24, 2.45) is 13.0 Å². The topological polar surface area (TPSA) is 92.0 Å². The van der Waals surface area contributed by atoms with Gasteiger partial charge in [0.05, 0.1) is 11.9 Å². The Morgan fingerprint density at radius 2 is 1.94 bits per heavy atom. The first kappa shape index (κ1) is 21.5. The highest BCUT2D eigenvalue weighted by atomic mass is 35.5. The number of anilines is 1. The van der Waals surface area contributed by atoms with Gasteiger partial charge in [-0.15, -0.1) is 22.6 Å². The molecule has 0 spiro atoms. The second-order valence-electron chi connectivity index (χ2n) is 8.52. The van der Waals surface area contributed by atoms with Crippen molar-refractivity contribution in [1.82, 2.24) is 30.3 Å². The van der Waals surface area contributed by atoms with E-state index in [4.69, 9.17) is 0 Å². The van der Waals surface area contributed by atoms with Crippen LogP contribution in [0.5, 0.6) is 5.75 Å². The summed E-state index contributed by atoms with van der Waals surface area (Å²) in [6.07, 6.45) is 7.53. The van der Waals surface area contributed by atoms with Gasteiger partial charge in [0.15, 0.2) is 0 Å². The van der Waals surface area contributed by atoms with Gasteiger partial charge < -0.3 is 15.3 Å². The minimum Gasteiger partial charge on any atom is -0.507 e. The Morgan fingerprint density at radius 3 is 2.55 bits per heavy atom. The lowest BCUT2D eigenvalue weighted by atomic mass is 9.78. The molecule has 5 rings (SSSR count). The van der Waals surface area contributed by atoms with Crippen molar-refractivity contribution in [2.75, 3.05) is 18.0 Å². The number of nitrogens with one attached hydrogen (secondary N) is 1. The maximum absolute atomic E-state index is 10.5. The van der Waals surface area contributed by atoms with E-state index in [2.05, 4.69) is 37.4 Å². The van der Waals surface area contributed by atoms with Gasteiger partial charge in [0.2, 0.25) is 5.95 Å². The zero-order valence-electron chi connectivity index (χ0n) is 17.8. The van der Waals surface area contributed by atoms with E-state index in [0.717, 1.165) is 30.3 Å². The average Bonchev–Trinajstić information content (AvgIpc) is 3.13. The summed E-state index contributed by atoms with van der Waals surface area (Å²) in [5.74, 6) is 1.56. The first-order valence-electron chi connectivity index (χ1n) is 10.6. The lowest BCUT2D eigenvalue weighted by Gasteiger charge is -2.43. The number of nitrogens with zero attached hydrogens (tertiary/aromatic N) is 6. The normalized spacial score (nSPS) is 21.4. The molecule has 3 heterocycles.